The first-order chi connectivity index (χ1) is 10.2. The Kier molecular flexibility index (Phi) is 4.29. The first-order valence-corrected chi connectivity index (χ1v) is 7.78. The lowest BCUT2D eigenvalue weighted by atomic mass is 9.95. The van der Waals surface area contributed by atoms with Crippen LogP contribution in [0.4, 0.5) is 0 Å². The van der Waals surface area contributed by atoms with Crippen LogP contribution in [0.1, 0.15) is 38.4 Å². The van der Waals surface area contributed by atoms with Gasteiger partial charge in [0.1, 0.15) is 0 Å². The molecule has 3 rings (SSSR count). The summed E-state index contributed by atoms with van der Waals surface area (Å²) in [6, 6.07) is 0.366. The van der Waals surface area contributed by atoms with Gasteiger partial charge in [-0.2, -0.15) is 5.10 Å². The second-order valence-corrected chi connectivity index (χ2v) is 6.11. The van der Waals surface area contributed by atoms with E-state index in [9.17, 15) is 0 Å². The van der Waals surface area contributed by atoms with Crippen LogP contribution in [0.25, 0.3) is 11.3 Å². The van der Waals surface area contributed by atoms with Crippen molar-refractivity contribution in [1.82, 2.24) is 25.1 Å². The average molecular weight is 285 g/mol. The summed E-state index contributed by atoms with van der Waals surface area (Å²) in [5, 5.41) is 7.80. The van der Waals surface area contributed by atoms with Gasteiger partial charge >= 0.3 is 0 Å². The van der Waals surface area contributed by atoms with E-state index in [4.69, 9.17) is 0 Å². The second kappa shape index (κ2) is 6.35. The van der Waals surface area contributed by atoms with Gasteiger partial charge < -0.3 is 5.32 Å². The molecule has 1 aliphatic rings. The van der Waals surface area contributed by atoms with Gasteiger partial charge in [-0.3, -0.25) is 14.6 Å². The Bertz CT molecular complexity index is 567. The molecule has 3 heterocycles. The van der Waals surface area contributed by atoms with Crippen molar-refractivity contribution >= 4 is 0 Å². The molecule has 112 valence electrons. The molecule has 2 aromatic rings. The number of nitrogens with zero attached hydrogens (tertiary/aromatic N) is 4. The van der Waals surface area contributed by atoms with E-state index in [1.165, 1.54) is 12.8 Å². The summed E-state index contributed by atoms with van der Waals surface area (Å²) in [5.41, 5.74) is 3.01. The van der Waals surface area contributed by atoms with Gasteiger partial charge in [-0.05, 0) is 52.1 Å². The van der Waals surface area contributed by atoms with Crippen LogP contribution in [0.3, 0.4) is 0 Å². The lowest BCUT2D eigenvalue weighted by molar-refractivity contribution is 0.373. The number of hydrogen-bond acceptors (Lipinski definition) is 4. The average Bonchev–Trinajstić information content (AvgIpc) is 2.99. The number of piperidine rings is 1. The molecule has 0 spiro atoms. The fourth-order valence-electron chi connectivity index (χ4n) is 2.76. The molecule has 2 aromatic heterocycles. The first-order valence-electron chi connectivity index (χ1n) is 7.78. The minimum Gasteiger partial charge on any atom is -0.316 e. The SMILES string of the molecule is CC(C)n1cc(-c2cnc(C[C@H]3CCCNC3)cn2)cn1. The summed E-state index contributed by atoms with van der Waals surface area (Å²) < 4.78 is 1.94. The minimum atomic E-state index is 0.366. The van der Waals surface area contributed by atoms with Gasteiger partial charge in [-0.15, -0.1) is 0 Å². The Morgan fingerprint density at radius 2 is 2.19 bits per heavy atom. The van der Waals surface area contributed by atoms with Crippen LogP contribution in [0.15, 0.2) is 24.8 Å². The minimum absolute atomic E-state index is 0.366. The van der Waals surface area contributed by atoms with Gasteiger partial charge in [0.2, 0.25) is 0 Å². The van der Waals surface area contributed by atoms with Crippen molar-refractivity contribution in [3.8, 4) is 11.3 Å². The Morgan fingerprint density at radius 1 is 1.29 bits per heavy atom. The molecule has 0 radical (unpaired) electrons. The normalized spacial score (nSPS) is 19.1. The standard InChI is InChI=1S/C16H23N5/c1-12(2)21-11-14(8-20-21)16-10-18-15(9-19-16)6-13-4-3-5-17-7-13/h8-13,17H,3-7H2,1-2H3/t13-/m1/s1. The van der Waals surface area contributed by atoms with Crippen LogP contribution < -0.4 is 5.32 Å². The van der Waals surface area contributed by atoms with Crippen LogP contribution in [0.2, 0.25) is 0 Å². The second-order valence-electron chi connectivity index (χ2n) is 6.11. The topological polar surface area (TPSA) is 55.6 Å². The summed E-state index contributed by atoms with van der Waals surface area (Å²) in [6.07, 6.45) is 11.2. The molecule has 0 unspecified atom stereocenters. The third-order valence-corrected chi connectivity index (χ3v) is 4.03. The van der Waals surface area contributed by atoms with E-state index in [-0.39, 0.29) is 0 Å². The van der Waals surface area contributed by atoms with E-state index >= 15 is 0 Å². The van der Waals surface area contributed by atoms with Gasteiger partial charge in [0.05, 0.1) is 23.8 Å². The lowest BCUT2D eigenvalue weighted by Crippen LogP contribution is -2.31. The maximum atomic E-state index is 4.58. The number of nitrogens with one attached hydrogen (secondary N) is 1. The quantitative estimate of drug-likeness (QED) is 0.937. The Balaban J connectivity index is 1.68. The van der Waals surface area contributed by atoms with Gasteiger partial charge in [0, 0.05) is 24.0 Å². The summed E-state index contributed by atoms with van der Waals surface area (Å²) in [5.74, 6) is 0.697. The molecule has 1 N–H and O–H groups in total. The Hall–Kier alpha value is -1.75. The van der Waals surface area contributed by atoms with Crippen LogP contribution in [0, 0.1) is 5.92 Å². The molecule has 0 aliphatic carbocycles. The summed E-state index contributed by atoms with van der Waals surface area (Å²) in [4.78, 5) is 9.13. The zero-order valence-electron chi connectivity index (χ0n) is 12.8. The maximum Gasteiger partial charge on any atom is 0.0916 e. The van der Waals surface area contributed by atoms with Crippen molar-refractivity contribution < 1.29 is 0 Å². The van der Waals surface area contributed by atoms with Gasteiger partial charge in [-0.25, -0.2) is 0 Å². The Labute approximate surface area is 125 Å². The van der Waals surface area contributed by atoms with E-state index in [0.29, 0.717) is 12.0 Å². The van der Waals surface area contributed by atoms with Crippen LogP contribution in [-0.2, 0) is 6.42 Å². The highest BCUT2D eigenvalue weighted by atomic mass is 15.3. The first kappa shape index (κ1) is 14.2. The largest absolute Gasteiger partial charge is 0.316 e. The fourth-order valence-corrected chi connectivity index (χ4v) is 2.76. The smallest absolute Gasteiger partial charge is 0.0916 e. The van der Waals surface area contributed by atoms with Crippen molar-refractivity contribution in [3.63, 3.8) is 0 Å². The zero-order chi connectivity index (χ0) is 14.7. The fraction of sp³-hybridized carbons (Fsp3) is 0.562. The highest BCUT2D eigenvalue weighted by Crippen LogP contribution is 2.19. The molecule has 1 aliphatic heterocycles. The molecule has 0 bridgehead atoms. The number of rotatable bonds is 4. The summed E-state index contributed by atoms with van der Waals surface area (Å²) in [6.45, 7) is 6.49. The van der Waals surface area contributed by atoms with Crippen LogP contribution in [-0.4, -0.2) is 32.8 Å². The predicted octanol–water partition coefficient (Wildman–Crippen LogP) is 2.46. The highest BCUT2D eigenvalue weighted by Gasteiger charge is 2.14. The van der Waals surface area contributed by atoms with Crippen LogP contribution in [0.5, 0.6) is 0 Å². The molecule has 1 saturated heterocycles. The van der Waals surface area contributed by atoms with E-state index in [1.807, 2.05) is 29.5 Å². The summed E-state index contributed by atoms with van der Waals surface area (Å²) >= 11 is 0. The van der Waals surface area contributed by atoms with Crippen molar-refractivity contribution in [3.05, 3.63) is 30.5 Å². The Morgan fingerprint density at radius 3 is 2.81 bits per heavy atom. The molecular formula is C16H23N5. The monoisotopic (exact) mass is 285 g/mol. The predicted molar refractivity (Wildman–Crippen MR) is 82.9 cm³/mol. The highest BCUT2D eigenvalue weighted by molar-refractivity contribution is 5.55. The van der Waals surface area contributed by atoms with E-state index in [1.54, 1.807) is 0 Å². The number of hydrogen-bond donors (Lipinski definition) is 1. The van der Waals surface area contributed by atoms with Crippen molar-refractivity contribution in [2.75, 3.05) is 13.1 Å². The maximum absolute atomic E-state index is 4.58. The molecule has 0 amide bonds. The zero-order valence-corrected chi connectivity index (χ0v) is 12.8. The van der Waals surface area contributed by atoms with Crippen LogP contribution >= 0.6 is 0 Å². The van der Waals surface area contributed by atoms with Crippen molar-refractivity contribution in [2.24, 2.45) is 5.92 Å². The third kappa shape index (κ3) is 3.47. The molecule has 1 fully saturated rings. The van der Waals surface area contributed by atoms with E-state index in [0.717, 1.165) is 36.5 Å². The van der Waals surface area contributed by atoms with Gasteiger partial charge in [0.15, 0.2) is 0 Å². The molecule has 5 heteroatoms. The molecule has 21 heavy (non-hydrogen) atoms. The number of aromatic nitrogens is 4. The molecule has 5 nitrogen and oxygen atoms in total. The lowest BCUT2D eigenvalue weighted by Gasteiger charge is -2.22. The van der Waals surface area contributed by atoms with Crippen molar-refractivity contribution in [2.45, 2.75) is 39.2 Å². The molecule has 0 aromatic carbocycles. The third-order valence-electron chi connectivity index (χ3n) is 4.03. The van der Waals surface area contributed by atoms with Crippen molar-refractivity contribution in [1.29, 1.82) is 0 Å². The molecule has 0 saturated carbocycles. The van der Waals surface area contributed by atoms with E-state index < -0.39 is 0 Å². The molecular weight excluding hydrogens is 262 g/mol. The van der Waals surface area contributed by atoms with Gasteiger partial charge in [0.25, 0.3) is 0 Å². The van der Waals surface area contributed by atoms with Gasteiger partial charge in [-0.1, -0.05) is 0 Å². The van der Waals surface area contributed by atoms with E-state index in [2.05, 4.69) is 34.2 Å². The molecule has 1 atom stereocenters. The summed E-state index contributed by atoms with van der Waals surface area (Å²) in [7, 11) is 0.